The average molecular weight is 323 g/mol. The molecule has 1 atom stereocenters. The van der Waals surface area contributed by atoms with Gasteiger partial charge in [0.2, 0.25) is 5.91 Å². The van der Waals surface area contributed by atoms with Gasteiger partial charge in [-0.2, -0.15) is 0 Å². The zero-order valence-electron chi connectivity index (χ0n) is 14.5. The summed E-state index contributed by atoms with van der Waals surface area (Å²) in [5, 5.41) is 3.26. The van der Waals surface area contributed by atoms with Gasteiger partial charge in [-0.3, -0.25) is 4.79 Å². The Morgan fingerprint density at radius 2 is 2.00 bits per heavy atom. The smallest absolute Gasteiger partial charge is 0.220 e. The number of hydrogen-bond acceptors (Lipinski definition) is 3. The first-order valence-electron chi connectivity index (χ1n) is 8.64. The Kier molecular flexibility index (Phi) is 4.93. The number of hydrogen-bond donors (Lipinski definition) is 1. The number of aryl methyl sites for hydroxylation is 2. The highest BCUT2D eigenvalue weighted by atomic mass is 16.1. The molecular weight excluding hydrogens is 298 g/mol. The van der Waals surface area contributed by atoms with Gasteiger partial charge in [0.15, 0.2) is 0 Å². The van der Waals surface area contributed by atoms with E-state index >= 15 is 0 Å². The van der Waals surface area contributed by atoms with Crippen molar-refractivity contribution in [2.75, 3.05) is 0 Å². The van der Waals surface area contributed by atoms with E-state index in [0.717, 1.165) is 24.8 Å². The number of carbonyl (C=O) groups is 1. The van der Waals surface area contributed by atoms with Crippen molar-refractivity contribution in [2.45, 2.75) is 52.0 Å². The van der Waals surface area contributed by atoms with Gasteiger partial charge in [0, 0.05) is 18.8 Å². The van der Waals surface area contributed by atoms with Gasteiger partial charge in [0.1, 0.15) is 6.33 Å². The molecule has 1 aliphatic carbocycles. The van der Waals surface area contributed by atoms with Crippen LogP contribution in [0.25, 0.3) is 0 Å². The molecule has 126 valence electrons. The van der Waals surface area contributed by atoms with Crippen LogP contribution in [0, 0.1) is 5.41 Å². The summed E-state index contributed by atoms with van der Waals surface area (Å²) in [4.78, 5) is 20.5. The molecule has 24 heavy (non-hydrogen) atoms. The van der Waals surface area contributed by atoms with Crippen molar-refractivity contribution >= 4 is 5.91 Å². The third-order valence-corrected chi connectivity index (χ3v) is 4.85. The van der Waals surface area contributed by atoms with Crippen molar-refractivity contribution in [1.82, 2.24) is 15.3 Å². The van der Waals surface area contributed by atoms with E-state index in [0.29, 0.717) is 12.8 Å². The third kappa shape index (κ3) is 4.19. The summed E-state index contributed by atoms with van der Waals surface area (Å²) in [7, 11) is 0. The molecule has 0 radical (unpaired) electrons. The van der Waals surface area contributed by atoms with Gasteiger partial charge in [0.25, 0.3) is 0 Å². The van der Waals surface area contributed by atoms with Gasteiger partial charge in [-0.1, -0.05) is 38.1 Å². The molecule has 0 saturated carbocycles. The Balaban J connectivity index is 1.69. The fourth-order valence-corrected chi connectivity index (χ4v) is 3.45. The Morgan fingerprint density at radius 3 is 2.79 bits per heavy atom. The molecule has 0 saturated heterocycles. The van der Waals surface area contributed by atoms with Gasteiger partial charge in [-0.15, -0.1) is 0 Å². The lowest BCUT2D eigenvalue weighted by Crippen LogP contribution is -2.31. The number of nitrogens with one attached hydrogen (secondary N) is 1. The van der Waals surface area contributed by atoms with Crippen LogP contribution in [0.1, 0.15) is 55.8 Å². The summed E-state index contributed by atoms with van der Waals surface area (Å²) in [6, 6.07) is 8.60. The first-order valence-corrected chi connectivity index (χ1v) is 8.64. The third-order valence-electron chi connectivity index (χ3n) is 4.85. The second-order valence-electron chi connectivity index (χ2n) is 7.43. The van der Waals surface area contributed by atoms with Crippen LogP contribution in [-0.4, -0.2) is 15.9 Å². The highest BCUT2D eigenvalue weighted by Gasteiger charge is 2.30. The number of rotatable bonds is 4. The molecule has 1 aromatic heterocycles. The topological polar surface area (TPSA) is 54.9 Å². The number of fused-ring (bicyclic) bond motifs is 1. The minimum absolute atomic E-state index is 0.0938. The van der Waals surface area contributed by atoms with Crippen molar-refractivity contribution in [3.05, 3.63) is 59.7 Å². The standard InChI is InChI=1S/C20H25N3O/c1-20(2)10-9-16-5-3-4-6-17(16)18(11-20)23-19(24)8-7-15-12-21-14-22-13-15/h3-6,12-14,18H,7-11H2,1-2H3,(H,23,24). The maximum absolute atomic E-state index is 12.5. The van der Waals surface area contributed by atoms with Crippen molar-refractivity contribution in [2.24, 2.45) is 5.41 Å². The Hall–Kier alpha value is -2.23. The van der Waals surface area contributed by atoms with Crippen LogP contribution in [-0.2, 0) is 17.6 Å². The first-order chi connectivity index (χ1) is 11.5. The molecule has 1 N–H and O–H groups in total. The van der Waals surface area contributed by atoms with Crippen molar-refractivity contribution in [1.29, 1.82) is 0 Å². The quantitative estimate of drug-likeness (QED) is 0.874. The lowest BCUT2D eigenvalue weighted by atomic mass is 9.83. The SMILES string of the molecule is CC1(C)CCc2ccccc2C(NC(=O)CCc2cncnc2)C1. The summed E-state index contributed by atoms with van der Waals surface area (Å²) in [6.45, 7) is 4.58. The number of carbonyl (C=O) groups excluding carboxylic acids is 1. The highest BCUT2D eigenvalue weighted by Crippen LogP contribution is 2.39. The number of aromatic nitrogens is 2. The molecule has 0 spiro atoms. The Morgan fingerprint density at radius 1 is 1.25 bits per heavy atom. The molecular formula is C20H25N3O. The monoisotopic (exact) mass is 323 g/mol. The van der Waals surface area contributed by atoms with E-state index in [2.05, 4.69) is 53.4 Å². The van der Waals surface area contributed by atoms with E-state index < -0.39 is 0 Å². The van der Waals surface area contributed by atoms with E-state index in [-0.39, 0.29) is 17.4 Å². The number of nitrogens with zero attached hydrogens (tertiary/aromatic N) is 2. The Labute approximate surface area is 143 Å². The maximum atomic E-state index is 12.5. The Bertz CT molecular complexity index is 697. The minimum atomic E-state index is 0.0938. The summed E-state index contributed by atoms with van der Waals surface area (Å²) >= 11 is 0. The van der Waals surface area contributed by atoms with Gasteiger partial charge in [0.05, 0.1) is 6.04 Å². The highest BCUT2D eigenvalue weighted by molar-refractivity contribution is 5.76. The molecule has 3 rings (SSSR count). The van der Waals surface area contributed by atoms with Crippen LogP contribution < -0.4 is 5.32 Å². The van der Waals surface area contributed by atoms with Crippen LogP contribution in [0.3, 0.4) is 0 Å². The predicted molar refractivity (Wildman–Crippen MR) is 94.4 cm³/mol. The van der Waals surface area contributed by atoms with Gasteiger partial charge < -0.3 is 5.32 Å². The molecule has 0 fully saturated rings. The summed E-state index contributed by atoms with van der Waals surface area (Å²) in [5.41, 5.74) is 3.86. The van der Waals surface area contributed by atoms with Gasteiger partial charge in [-0.25, -0.2) is 9.97 Å². The van der Waals surface area contributed by atoms with Crippen LogP contribution >= 0.6 is 0 Å². The lowest BCUT2D eigenvalue weighted by molar-refractivity contribution is -0.122. The van der Waals surface area contributed by atoms with E-state index in [1.807, 2.05) is 0 Å². The van der Waals surface area contributed by atoms with E-state index in [1.165, 1.54) is 17.5 Å². The maximum Gasteiger partial charge on any atom is 0.220 e. The van der Waals surface area contributed by atoms with Crippen LogP contribution in [0.4, 0.5) is 0 Å². The van der Waals surface area contributed by atoms with E-state index in [1.54, 1.807) is 12.4 Å². The van der Waals surface area contributed by atoms with E-state index in [9.17, 15) is 4.79 Å². The molecule has 4 heteroatoms. The van der Waals surface area contributed by atoms with Crippen molar-refractivity contribution in [3.8, 4) is 0 Å². The molecule has 0 bridgehead atoms. The van der Waals surface area contributed by atoms with Crippen LogP contribution in [0.5, 0.6) is 0 Å². The first kappa shape index (κ1) is 16.6. The predicted octanol–water partition coefficient (Wildman–Crippen LogP) is 3.63. The normalized spacial score (nSPS) is 19.2. The molecule has 1 unspecified atom stereocenters. The lowest BCUT2D eigenvalue weighted by Gasteiger charge is -2.27. The molecule has 1 aliphatic rings. The van der Waals surface area contributed by atoms with Crippen LogP contribution in [0.2, 0.25) is 0 Å². The molecule has 2 aromatic rings. The average Bonchev–Trinajstić information content (AvgIpc) is 2.71. The van der Waals surface area contributed by atoms with E-state index in [4.69, 9.17) is 0 Å². The van der Waals surface area contributed by atoms with Crippen LogP contribution in [0.15, 0.2) is 43.0 Å². The minimum Gasteiger partial charge on any atom is -0.349 e. The zero-order valence-corrected chi connectivity index (χ0v) is 14.5. The summed E-state index contributed by atoms with van der Waals surface area (Å²) < 4.78 is 0. The molecule has 1 amide bonds. The summed E-state index contributed by atoms with van der Waals surface area (Å²) in [6.07, 6.45) is 9.39. The fraction of sp³-hybridized carbons (Fsp3) is 0.450. The molecule has 1 aromatic carbocycles. The number of amides is 1. The largest absolute Gasteiger partial charge is 0.349 e. The summed E-state index contributed by atoms with van der Waals surface area (Å²) in [5.74, 6) is 0.0938. The molecule has 0 aliphatic heterocycles. The second kappa shape index (κ2) is 7.12. The fourth-order valence-electron chi connectivity index (χ4n) is 3.45. The van der Waals surface area contributed by atoms with Crippen molar-refractivity contribution < 1.29 is 4.79 Å². The van der Waals surface area contributed by atoms with Gasteiger partial charge >= 0.3 is 0 Å². The second-order valence-corrected chi connectivity index (χ2v) is 7.43. The van der Waals surface area contributed by atoms with Gasteiger partial charge in [-0.05, 0) is 47.8 Å². The molecule has 1 heterocycles. The zero-order chi connectivity index (χ0) is 17.0. The molecule has 4 nitrogen and oxygen atoms in total. The number of benzene rings is 1. The van der Waals surface area contributed by atoms with Crippen molar-refractivity contribution in [3.63, 3.8) is 0 Å².